The van der Waals surface area contributed by atoms with Crippen LogP contribution in [0.3, 0.4) is 0 Å². The molecule has 0 spiro atoms. The lowest BCUT2D eigenvalue weighted by molar-refractivity contribution is 0.341. The molecular weight excluding hydrogens is 220 g/mol. The number of hydrogen-bond acceptors (Lipinski definition) is 2. The van der Waals surface area contributed by atoms with Gasteiger partial charge in [-0.1, -0.05) is 19.1 Å². The van der Waals surface area contributed by atoms with Crippen LogP contribution in [0.2, 0.25) is 0 Å². The molecule has 0 saturated heterocycles. The Hall–Kier alpha value is -1.02. The van der Waals surface area contributed by atoms with Gasteiger partial charge in [-0.05, 0) is 62.3 Å². The summed E-state index contributed by atoms with van der Waals surface area (Å²) in [5, 5.41) is 0. The zero-order valence-electron chi connectivity index (χ0n) is 11.7. The Labute approximate surface area is 111 Å². The number of hydrogen-bond donors (Lipinski definition) is 1. The summed E-state index contributed by atoms with van der Waals surface area (Å²) in [6.07, 6.45) is 6.40. The second-order valence-corrected chi connectivity index (χ2v) is 5.73. The molecule has 0 unspecified atom stereocenters. The highest BCUT2D eigenvalue weighted by Gasteiger charge is 2.21. The van der Waals surface area contributed by atoms with Gasteiger partial charge in [0.05, 0.1) is 0 Å². The van der Waals surface area contributed by atoms with Gasteiger partial charge in [-0.25, -0.2) is 0 Å². The summed E-state index contributed by atoms with van der Waals surface area (Å²) in [6.45, 7) is 3.10. The Morgan fingerprint density at radius 2 is 1.72 bits per heavy atom. The first kappa shape index (κ1) is 13.4. The van der Waals surface area contributed by atoms with Gasteiger partial charge in [0.2, 0.25) is 0 Å². The molecule has 0 atom stereocenters. The Balaban J connectivity index is 1.97. The maximum absolute atomic E-state index is 5.58. The van der Waals surface area contributed by atoms with E-state index in [1.54, 1.807) is 0 Å². The van der Waals surface area contributed by atoms with Crippen molar-refractivity contribution >= 4 is 5.69 Å². The molecule has 2 heteroatoms. The fourth-order valence-corrected chi connectivity index (χ4v) is 2.91. The number of anilines is 1. The first-order valence-electron chi connectivity index (χ1n) is 7.22. The average Bonchev–Trinajstić information content (AvgIpc) is 2.40. The van der Waals surface area contributed by atoms with Gasteiger partial charge >= 0.3 is 0 Å². The summed E-state index contributed by atoms with van der Waals surface area (Å²) in [6, 6.07) is 9.63. The number of nitrogens with zero attached hydrogens (tertiary/aromatic N) is 1. The van der Waals surface area contributed by atoms with Crippen LogP contribution in [0.15, 0.2) is 24.3 Å². The molecule has 1 aliphatic carbocycles. The maximum atomic E-state index is 5.58. The topological polar surface area (TPSA) is 29.3 Å². The summed E-state index contributed by atoms with van der Waals surface area (Å²) < 4.78 is 0. The van der Waals surface area contributed by atoms with Crippen LogP contribution < -0.4 is 10.6 Å². The summed E-state index contributed by atoms with van der Waals surface area (Å²) in [5.41, 5.74) is 8.26. The van der Waals surface area contributed by atoms with Crippen LogP contribution in [0.25, 0.3) is 0 Å². The Bertz CT molecular complexity index is 350. The second kappa shape index (κ2) is 6.24. The van der Waals surface area contributed by atoms with E-state index in [-0.39, 0.29) is 0 Å². The second-order valence-electron chi connectivity index (χ2n) is 5.73. The number of rotatable bonds is 4. The molecule has 1 aromatic carbocycles. The predicted molar refractivity (Wildman–Crippen MR) is 79.0 cm³/mol. The smallest absolute Gasteiger partial charge is 0.0366 e. The molecule has 0 aliphatic heterocycles. The van der Waals surface area contributed by atoms with Crippen molar-refractivity contribution < 1.29 is 0 Å². The lowest BCUT2D eigenvalue weighted by Crippen LogP contribution is -2.34. The van der Waals surface area contributed by atoms with Gasteiger partial charge in [0.25, 0.3) is 0 Å². The SMILES string of the molecule is CC1CCC(N(C)c2ccc(CCN)cc2)CC1. The Morgan fingerprint density at radius 1 is 1.11 bits per heavy atom. The molecule has 0 amide bonds. The van der Waals surface area contributed by atoms with Gasteiger partial charge in [-0.15, -0.1) is 0 Å². The molecule has 0 radical (unpaired) electrons. The van der Waals surface area contributed by atoms with E-state index >= 15 is 0 Å². The van der Waals surface area contributed by atoms with E-state index in [9.17, 15) is 0 Å². The van der Waals surface area contributed by atoms with Crippen molar-refractivity contribution in [3.05, 3.63) is 29.8 Å². The molecule has 0 bridgehead atoms. The van der Waals surface area contributed by atoms with Crippen molar-refractivity contribution in [1.29, 1.82) is 0 Å². The number of nitrogens with two attached hydrogens (primary N) is 1. The van der Waals surface area contributed by atoms with Gasteiger partial charge < -0.3 is 10.6 Å². The third-order valence-corrected chi connectivity index (χ3v) is 4.31. The van der Waals surface area contributed by atoms with E-state index in [0.717, 1.165) is 24.9 Å². The van der Waals surface area contributed by atoms with E-state index in [1.807, 2.05) is 0 Å². The zero-order chi connectivity index (χ0) is 13.0. The molecule has 18 heavy (non-hydrogen) atoms. The maximum Gasteiger partial charge on any atom is 0.0366 e. The summed E-state index contributed by atoms with van der Waals surface area (Å²) in [5.74, 6) is 0.918. The normalized spacial score (nSPS) is 23.9. The van der Waals surface area contributed by atoms with Crippen LogP contribution >= 0.6 is 0 Å². The molecule has 1 fully saturated rings. The lowest BCUT2D eigenvalue weighted by atomic mass is 9.86. The molecule has 0 heterocycles. The van der Waals surface area contributed by atoms with Crippen LogP contribution in [0.5, 0.6) is 0 Å². The monoisotopic (exact) mass is 246 g/mol. The predicted octanol–water partition coefficient (Wildman–Crippen LogP) is 3.20. The van der Waals surface area contributed by atoms with Gasteiger partial charge in [-0.3, -0.25) is 0 Å². The summed E-state index contributed by atoms with van der Waals surface area (Å²) >= 11 is 0. The first-order valence-corrected chi connectivity index (χ1v) is 7.22. The zero-order valence-corrected chi connectivity index (χ0v) is 11.7. The van der Waals surface area contributed by atoms with Crippen LogP contribution in [-0.4, -0.2) is 19.6 Å². The molecule has 1 aliphatic rings. The van der Waals surface area contributed by atoms with Crippen molar-refractivity contribution in [3.8, 4) is 0 Å². The molecule has 1 aromatic rings. The molecule has 0 aromatic heterocycles. The van der Waals surface area contributed by atoms with E-state index in [4.69, 9.17) is 5.73 Å². The largest absolute Gasteiger partial charge is 0.372 e. The molecule has 2 N–H and O–H groups in total. The third kappa shape index (κ3) is 3.26. The van der Waals surface area contributed by atoms with E-state index in [0.29, 0.717) is 0 Å². The van der Waals surface area contributed by atoms with Gasteiger partial charge in [-0.2, -0.15) is 0 Å². The quantitative estimate of drug-likeness (QED) is 0.884. The van der Waals surface area contributed by atoms with E-state index in [1.165, 1.54) is 36.9 Å². The Morgan fingerprint density at radius 3 is 2.28 bits per heavy atom. The molecule has 100 valence electrons. The third-order valence-electron chi connectivity index (χ3n) is 4.31. The van der Waals surface area contributed by atoms with Crippen LogP contribution in [0.1, 0.15) is 38.2 Å². The average molecular weight is 246 g/mol. The lowest BCUT2D eigenvalue weighted by Gasteiger charge is -2.35. The van der Waals surface area contributed by atoms with Crippen molar-refractivity contribution in [3.63, 3.8) is 0 Å². The molecule has 1 saturated carbocycles. The van der Waals surface area contributed by atoms with Crippen molar-refractivity contribution in [1.82, 2.24) is 0 Å². The first-order chi connectivity index (χ1) is 8.70. The van der Waals surface area contributed by atoms with Crippen molar-refractivity contribution in [2.24, 2.45) is 11.7 Å². The van der Waals surface area contributed by atoms with Gasteiger partial charge in [0, 0.05) is 18.8 Å². The molecule has 2 rings (SSSR count). The highest BCUT2D eigenvalue weighted by molar-refractivity contribution is 5.48. The van der Waals surface area contributed by atoms with E-state index in [2.05, 4.69) is 43.1 Å². The van der Waals surface area contributed by atoms with Crippen LogP contribution in [-0.2, 0) is 6.42 Å². The standard InChI is InChI=1S/C16H26N2/c1-13-3-7-15(8-4-13)18(2)16-9-5-14(6-10-16)11-12-17/h5-6,9-10,13,15H,3-4,7-8,11-12,17H2,1-2H3. The summed E-state index contributed by atoms with van der Waals surface area (Å²) in [4.78, 5) is 2.46. The van der Waals surface area contributed by atoms with Crippen LogP contribution in [0.4, 0.5) is 5.69 Å². The van der Waals surface area contributed by atoms with Crippen LogP contribution in [0, 0.1) is 5.92 Å². The molecular formula is C16H26N2. The molecule has 2 nitrogen and oxygen atoms in total. The van der Waals surface area contributed by atoms with E-state index < -0.39 is 0 Å². The van der Waals surface area contributed by atoms with Gasteiger partial charge in [0.15, 0.2) is 0 Å². The fraction of sp³-hybridized carbons (Fsp3) is 0.625. The highest BCUT2D eigenvalue weighted by atomic mass is 15.1. The summed E-state index contributed by atoms with van der Waals surface area (Å²) in [7, 11) is 2.23. The number of benzene rings is 1. The minimum Gasteiger partial charge on any atom is -0.372 e. The fourth-order valence-electron chi connectivity index (χ4n) is 2.91. The van der Waals surface area contributed by atoms with Crippen molar-refractivity contribution in [2.45, 2.75) is 45.1 Å². The minimum absolute atomic E-state index is 0.724. The minimum atomic E-state index is 0.724. The Kier molecular flexibility index (Phi) is 4.65. The van der Waals surface area contributed by atoms with Gasteiger partial charge in [0.1, 0.15) is 0 Å². The van der Waals surface area contributed by atoms with Crippen molar-refractivity contribution in [2.75, 3.05) is 18.5 Å². The highest BCUT2D eigenvalue weighted by Crippen LogP contribution is 2.29.